The molecule has 1 aromatic carbocycles. The number of anilines is 2. The second-order valence-corrected chi connectivity index (χ2v) is 5.93. The number of hydrogen-bond acceptors (Lipinski definition) is 4. The third kappa shape index (κ3) is 3.09. The largest absolute Gasteiger partial charge is 0.325 e. The first-order valence-corrected chi connectivity index (χ1v) is 7.43. The summed E-state index contributed by atoms with van der Waals surface area (Å²) in [5, 5.41) is 9.97. The van der Waals surface area contributed by atoms with E-state index < -0.39 is 0 Å². The number of fused-ring (bicyclic) bond motifs is 1. The van der Waals surface area contributed by atoms with Gasteiger partial charge in [-0.25, -0.2) is 9.78 Å². The Labute approximate surface area is 125 Å². The molecule has 0 aliphatic carbocycles. The van der Waals surface area contributed by atoms with Crippen LogP contribution in [0.1, 0.15) is 10.6 Å². The third-order valence-electron chi connectivity index (χ3n) is 2.91. The number of hydrogen-bond donors (Lipinski definition) is 3. The van der Waals surface area contributed by atoms with Gasteiger partial charge in [-0.1, -0.05) is 17.7 Å². The van der Waals surface area contributed by atoms with Crippen LogP contribution in [0.3, 0.4) is 0 Å². The molecule has 0 bridgehead atoms. The van der Waals surface area contributed by atoms with E-state index >= 15 is 0 Å². The lowest BCUT2D eigenvalue weighted by Gasteiger charge is -2.09. The standard InChI is InChI=1S/C13H13ClN4OS/c14-8-2-1-3-9(6-8)16-12(19)18-13-17-10-4-5-15-7-11(10)20-13/h1-3,6,15H,4-5,7H2,(H2,16,17,18,19). The Morgan fingerprint density at radius 1 is 1.40 bits per heavy atom. The highest BCUT2D eigenvalue weighted by Crippen LogP contribution is 2.25. The molecule has 0 atom stereocenters. The summed E-state index contributed by atoms with van der Waals surface area (Å²) in [4.78, 5) is 17.5. The summed E-state index contributed by atoms with van der Waals surface area (Å²) < 4.78 is 0. The molecule has 2 heterocycles. The van der Waals surface area contributed by atoms with E-state index in [1.165, 1.54) is 16.2 Å². The second kappa shape index (κ2) is 5.78. The minimum atomic E-state index is -0.314. The van der Waals surface area contributed by atoms with Gasteiger partial charge in [-0.15, -0.1) is 11.3 Å². The van der Waals surface area contributed by atoms with Crippen LogP contribution in [-0.2, 0) is 13.0 Å². The number of nitrogens with zero attached hydrogens (tertiary/aromatic N) is 1. The van der Waals surface area contributed by atoms with E-state index in [0.29, 0.717) is 15.8 Å². The minimum Gasteiger partial charge on any atom is -0.311 e. The van der Waals surface area contributed by atoms with Crippen LogP contribution in [0.5, 0.6) is 0 Å². The van der Waals surface area contributed by atoms with E-state index in [1.807, 2.05) is 0 Å². The number of aromatic nitrogens is 1. The molecule has 2 aromatic rings. The van der Waals surface area contributed by atoms with Crippen LogP contribution in [0, 0.1) is 0 Å². The van der Waals surface area contributed by atoms with E-state index in [2.05, 4.69) is 20.9 Å². The van der Waals surface area contributed by atoms with E-state index in [9.17, 15) is 4.79 Å². The Morgan fingerprint density at radius 3 is 3.10 bits per heavy atom. The number of carbonyl (C=O) groups is 1. The van der Waals surface area contributed by atoms with E-state index in [-0.39, 0.29) is 6.03 Å². The molecule has 2 amide bonds. The average Bonchev–Trinajstić information content (AvgIpc) is 2.80. The molecule has 0 saturated heterocycles. The van der Waals surface area contributed by atoms with Crippen molar-refractivity contribution in [2.75, 3.05) is 17.2 Å². The van der Waals surface area contributed by atoms with Gasteiger partial charge in [0.1, 0.15) is 0 Å². The molecule has 3 N–H and O–H groups in total. The molecular weight excluding hydrogens is 296 g/mol. The molecule has 0 unspecified atom stereocenters. The van der Waals surface area contributed by atoms with Crippen molar-refractivity contribution in [3.63, 3.8) is 0 Å². The number of halogens is 1. The molecular formula is C13H13ClN4OS. The zero-order valence-electron chi connectivity index (χ0n) is 10.6. The number of carbonyl (C=O) groups excluding carboxylic acids is 1. The Hall–Kier alpha value is -1.63. The summed E-state index contributed by atoms with van der Waals surface area (Å²) >= 11 is 7.37. The van der Waals surface area contributed by atoms with Crippen molar-refractivity contribution in [3.8, 4) is 0 Å². The molecule has 3 rings (SSSR count). The van der Waals surface area contributed by atoms with Crippen molar-refractivity contribution in [1.29, 1.82) is 0 Å². The first-order valence-electron chi connectivity index (χ1n) is 6.23. The fourth-order valence-corrected chi connectivity index (χ4v) is 3.17. The van der Waals surface area contributed by atoms with Crippen LogP contribution in [0.4, 0.5) is 15.6 Å². The number of amides is 2. The smallest absolute Gasteiger partial charge is 0.311 e. The van der Waals surface area contributed by atoms with Crippen molar-refractivity contribution >= 4 is 39.8 Å². The Balaban J connectivity index is 1.65. The van der Waals surface area contributed by atoms with Crippen LogP contribution < -0.4 is 16.0 Å². The summed E-state index contributed by atoms with van der Waals surface area (Å²) in [6.07, 6.45) is 0.906. The van der Waals surface area contributed by atoms with Gasteiger partial charge in [0.05, 0.1) is 5.69 Å². The number of urea groups is 1. The van der Waals surface area contributed by atoms with Crippen LogP contribution >= 0.6 is 22.9 Å². The molecule has 1 aliphatic heterocycles. The summed E-state index contributed by atoms with van der Waals surface area (Å²) in [5.41, 5.74) is 1.73. The molecule has 20 heavy (non-hydrogen) atoms. The van der Waals surface area contributed by atoms with Gasteiger partial charge in [0.2, 0.25) is 0 Å². The fraction of sp³-hybridized carbons (Fsp3) is 0.231. The predicted octanol–water partition coefficient (Wildman–Crippen LogP) is 3.09. The second-order valence-electron chi connectivity index (χ2n) is 4.41. The molecule has 1 aliphatic rings. The minimum absolute atomic E-state index is 0.314. The van der Waals surface area contributed by atoms with Crippen molar-refractivity contribution in [3.05, 3.63) is 39.9 Å². The molecule has 104 valence electrons. The van der Waals surface area contributed by atoms with Gasteiger partial charge in [-0.2, -0.15) is 0 Å². The molecule has 0 fully saturated rings. The fourth-order valence-electron chi connectivity index (χ4n) is 2.00. The summed E-state index contributed by atoms with van der Waals surface area (Å²) in [6, 6.07) is 6.70. The number of nitrogens with one attached hydrogen (secondary N) is 3. The van der Waals surface area contributed by atoms with Gasteiger partial charge in [0, 0.05) is 35.1 Å². The van der Waals surface area contributed by atoms with Crippen molar-refractivity contribution in [2.24, 2.45) is 0 Å². The lowest BCUT2D eigenvalue weighted by molar-refractivity contribution is 0.262. The number of rotatable bonds is 2. The van der Waals surface area contributed by atoms with Gasteiger partial charge in [-0.05, 0) is 18.2 Å². The van der Waals surface area contributed by atoms with Gasteiger partial charge in [0.15, 0.2) is 5.13 Å². The summed E-state index contributed by atoms with van der Waals surface area (Å²) in [5.74, 6) is 0. The third-order valence-corrected chi connectivity index (χ3v) is 4.15. The number of benzene rings is 1. The molecule has 0 radical (unpaired) electrons. The topological polar surface area (TPSA) is 66.0 Å². The molecule has 0 spiro atoms. The normalized spacial score (nSPS) is 13.7. The zero-order valence-corrected chi connectivity index (χ0v) is 12.1. The Kier molecular flexibility index (Phi) is 3.86. The summed E-state index contributed by atoms with van der Waals surface area (Å²) in [7, 11) is 0. The van der Waals surface area contributed by atoms with Gasteiger partial charge < -0.3 is 10.6 Å². The maximum atomic E-state index is 11.9. The first-order chi connectivity index (χ1) is 9.70. The highest BCUT2D eigenvalue weighted by Gasteiger charge is 2.15. The van der Waals surface area contributed by atoms with Crippen LogP contribution in [-0.4, -0.2) is 17.6 Å². The predicted molar refractivity (Wildman–Crippen MR) is 81.6 cm³/mol. The molecule has 5 nitrogen and oxygen atoms in total. The van der Waals surface area contributed by atoms with Crippen molar-refractivity contribution in [2.45, 2.75) is 13.0 Å². The first kappa shape index (κ1) is 13.4. The van der Waals surface area contributed by atoms with Gasteiger partial charge >= 0.3 is 6.03 Å². The van der Waals surface area contributed by atoms with E-state index in [4.69, 9.17) is 11.6 Å². The zero-order chi connectivity index (χ0) is 13.9. The maximum absolute atomic E-state index is 11.9. The highest BCUT2D eigenvalue weighted by atomic mass is 35.5. The molecule has 0 saturated carbocycles. The lowest BCUT2D eigenvalue weighted by Crippen LogP contribution is -2.22. The quantitative estimate of drug-likeness (QED) is 0.798. The van der Waals surface area contributed by atoms with Gasteiger partial charge in [0.25, 0.3) is 0 Å². The van der Waals surface area contributed by atoms with Crippen LogP contribution in [0.15, 0.2) is 24.3 Å². The van der Waals surface area contributed by atoms with Crippen LogP contribution in [0.25, 0.3) is 0 Å². The highest BCUT2D eigenvalue weighted by molar-refractivity contribution is 7.15. The number of thiazole rings is 1. The molecule has 7 heteroatoms. The Bertz CT molecular complexity index is 620. The average molecular weight is 309 g/mol. The summed E-state index contributed by atoms with van der Waals surface area (Å²) in [6.45, 7) is 1.76. The lowest BCUT2D eigenvalue weighted by atomic mass is 10.2. The molecule has 1 aromatic heterocycles. The van der Waals surface area contributed by atoms with Crippen LogP contribution in [0.2, 0.25) is 5.02 Å². The van der Waals surface area contributed by atoms with Gasteiger partial charge in [-0.3, -0.25) is 5.32 Å². The Morgan fingerprint density at radius 2 is 2.30 bits per heavy atom. The monoisotopic (exact) mass is 308 g/mol. The SMILES string of the molecule is O=C(Nc1cccc(Cl)c1)Nc1nc2c(s1)CNCC2. The van der Waals surface area contributed by atoms with E-state index in [0.717, 1.165) is 25.2 Å². The van der Waals surface area contributed by atoms with Crippen molar-refractivity contribution < 1.29 is 4.79 Å². The van der Waals surface area contributed by atoms with E-state index in [1.54, 1.807) is 24.3 Å². The maximum Gasteiger partial charge on any atom is 0.325 e. The van der Waals surface area contributed by atoms with Crippen molar-refractivity contribution in [1.82, 2.24) is 10.3 Å².